The molecule has 0 aliphatic carbocycles. The molecule has 2 aromatic carbocycles. The summed E-state index contributed by atoms with van der Waals surface area (Å²) < 4.78 is 5.43. The molecule has 4 nitrogen and oxygen atoms in total. The molecule has 3 rings (SSSR count). The number of carbonyl (C=O) groups is 1. The summed E-state index contributed by atoms with van der Waals surface area (Å²) in [5.41, 5.74) is 3.36. The third-order valence-corrected chi connectivity index (χ3v) is 4.56. The lowest BCUT2D eigenvalue weighted by Crippen LogP contribution is -2.48. The number of piperazine rings is 1. The fourth-order valence-electron chi connectivity index (χ4n) is 3.22. The Hall–Kier alpha value is -2.33. The van der Waals surface area contributed by atoms with Crippen LogP contribution >= 0.6 is 0 Å². The number of amides is 1. The molecule has 1 aliphatic rings. The quantitative estimate of drug-likeness (QED) is 0.838. The van der Waals surface area contributed by atoms with Crippen LogP contribution in [0.15, 0.2) is 48.5 Å². The van der Waals surface area contributed by atoms with Crippen LogP contribution in [0, 0.1) is 6.92 Å². The maximum Gasteiger partial charge on any atom is 0.253 e. The van der Waals surface area contributed by atoms with E-state index in [-0.39, 0.29) is 5.91 Å². The van der Waals surface area contributed by atoms with Gasteiger partial charge in [-0.25, -0.2) is 0 Å². The van der Waals surface area contributed by atoms with Crippen molar-refractivity contribution in [2.45, 2.75) is 20.4 Å². The first-order valence-corrected chi connectivity index (χ1v) is 8.96. The average Bonchev–Trinajstić information content (AvgIpc) is 2.63. The van der Waals surface area contributed by atoms with Crippen LogP contribution in [0.3, 0.4) is 0 Å². The van der Waals surface area contributed by atoms with Crippen LogP contribution in [0.25, 0.3) is 0 Å². The average molecular weight is 338 g/mol. The van der Waals surface area contributed by atoms with Gasteiger partial charge in [-0.1, -0.05) is 29.8 Å². The second-order valence-corrected chi connectivity index (χ2v) is 6.51. The van der Waals surface area contributed by atoms with Crippen molar-refractivity contribution in [2.75, 3.05) is 32.8 Å². The molecule has 25 heavy (non-hydrogen) atoms. The number of rotatable bonds is 5. The van der Waals surface area contributed by atoms with Crippen LogP contribution in [-0.2, 0) is 6.54 Å². The van der Waals surface area contributed by atoms with Gasteiger partial charge >= 0.3 is 0 Å². The van der Waals surface area contributed by atoms with Gasteiger partial charge in [-0.15, -0.1) is 0 Å². The molecule has 1 aliphatic heterocycles. The predicted molar refractivity (Wildman–Crippen MR) is 100.0 cm³/mol. The van der Waals surface area contributed by atoms with E-state index in [0.717, 1.165) is 44.0 Å². The summed E-state index contributed by atoms with van der Waals surface area (Å²) in [5.74, 6) is 0.917. The van der Waals surface area contributed by atoms with E-state index in [4.69, 9.17) is 4.74 Å². The number of benzene rings is 2. The van der Waals surface area contributed by atoms with Crippen molar-refractivity contribution in [1.29, 1.82) is 0 Å². The van der Waals surface area contributed by atoms with Crippen LogP contribution in [0.5, 0.6) is 5.75 Å². The van der Waals surface area contributed by atoms with Crippen molar-refractivity contribution in [2.24, 2.45) is 0 Å². The molecule has 4 heteroatoms. The number of nitrogens with zero attached hydrogens (tertiary/aromatic N) is 2. The van der Waals surface area contributed by atoms with Crippen molar-refractivity contribution in [3.63, 3.8) is 0 Å². The monoisotopic (exact) mass is 338 g/mol. The summed E-state index contributed by atoms with van der Waals surface area (Å²) in [6, 6.07) is 16.1. The fourth-order valence-corrected chi connectivity index (χ4v) is 3.22. The lowest BCUT2D eigenvalue weighted by Gasteiger charge is -2.34. The van der Waals surface area contributed by atoms with E-state index < -0.39 is 0 Å². The van der Waals surface area contributed by atoms with Gasteiger partial charge in [0.15, 0.2) is 0 Å². The van der Waals surface area contributed by atoms with Gasteiger partial charge in [0.2, 0.25) is 0 Å². The number of ether oxygens (including phenoxy) is 1. The Morgan fingerprint density at radius 1 is 1.04 bits per heavy atom. The molecule has 132 valence electrons. The van der Waals surface area contributed by atoms with Gasteiger partial charge in [-0.2, -0.15) is 0 Å². The molecule has 0 N–H and O–H groups in total. The smallest absolute Gasteiger partial charge is 0.253 e. The highest BCUT2D eigenvalue weighted by molar-refractivity contribution is 5.94. The fraction of sp³-hybridized carbons (Fsp3) is 0.381. The minimum Gasteiger partial charge on any atom is -0.494 e. The van der Waals surface area contributed by atoms with Gasteiger partial charge in [0.05, 0.1) is 6.61 Å². The summed E-state index contributed by atoms with van der Waals surface area (Å²) >= 11 is 0. The highest BCUT2D eigenvalue weighted by atomic mass is 16.5. The van der Waals surface area contributed by atoms with Gasteiger partial charge in [0.25, 0.3) is 5.91 Å². The molecule has 1 amide bonds. The zero-order valence-electron chi connectivity index (χ0n) is 15.1. The van der Waals surface area contributed by atoms with Crippen molar-refractivity contribution in [3.8, 4) is 5.75 Å². The van der Waals surface area contributed by atoms with Crippen molar-refractivity contribution >= 4 is 5.91 Å². The molecule has 0 spiro atoms. The number of carbonyl (C=O) groups excluding carboxylic acids is 1. The SMILES string of the molecule is CCOc1ccc(C(=O)N2CCN(Cc3cccc(C)c3)CC2)cc1. The molecule has 1 heterocycles. The van der Waals surface area contributed by atoms with Crippen molar-refractivity contribution in [1.82, 2.24) is 9.80 Å². The Morgan fingerprint density at radius 2 is 1.76 bits per heavy atom. The molecule has 2 aromatic rings. The first kappa shape index (κ1) is 17.5. The van der Waals surface area contributed by atoms with E-state index in [1.807, 2.05) is 36.1 Å². The van der Waals surface area contributed by atoms with E-state index in [0.29, 0.717) is 6.61 Å². The van der Waals surface area contributed by atoms with Crippen LogP contribution in [0.2, 0.25) is 0 Å². The number of hydrogen-bond acceptors (Lipinski definition) is 3. The molecule has 0 atom stereocenters. The van der Waals surface area contributed by atoms with Crippen molar-refractivity contribution < 1.29 is 9.53 Å². The van der Waals surface area contributed by atoms with E-state index >= 15 is 0 Å². The molecule has 0 unspecified atom stereocenters. The second kappa shape index (κ2) is 8.17. The highest BCUT2D eigenvalue weighted by Crippen LogP contribution is 2.16. The normalized spacial score (nSPS) is 15.2. The minimum atomic E-state index is 0.109. The second-order valence-electron chi connectivity index (χ2n) is 6.51. The van der Waals surface area contributed by atoms with Crippen LogP contribution < -0.4 is 4.74 Å². The standard InChI is InChI=1S/C21H26N2O2/c1-3-25-20-9-7-19(8-10-20)21(24)23-13-11-22(12-14-23)16-18-6-4-5-17(2)15-18/h4-10,15H,3,11-14,16H2,1-2H3. The highest BCUT2D eigenvalue weighted by Gasteiger charge is 2.22. The topological polar surface area (TPSA) is 32.8 Å². The largest absolute Gasteiger partial charge is 0.494 e. The first-order chi connectivity index (χ1) is 12.2. The summed E-state index contributed by atoms with van der Waals surface area (Å²) in [6.07, 6.45) is 0. The Bertz CT molecular complexity index is 704. The molecule has 1 saturated heterocycles. The summed E-state index contributed by atoms with van der Waals surface area (Å²) in [6.45, 7) is 9.04. The van der Waals surface area contributed by atoms with Crippen LogP contribution in [0.1, 0.15) is 28.4 Å². The van der Waals surface area contributed by atoms with Gasteiger partial charge in [-0.05, 0) is 43.7 Å². The Morgan fingerprint density at radius 3 is 2.40 bits per heavy atom. The van der Waals surface area contributed by atoms with E-state index in [1.54, 1.807) is 0 Å². The van der Waals surface area contributed by atoms with Gasteiger partial charge < -0.3 is 9.64 Å². The molecule has 0 aromatic heterocycles. The molecule has 0 saturated carbocycles. The van der Waals surface area contributed by atoms with Gasteiger partial charge in [0, 0.05) is 38.3 Å². The zero-order valence-corrected chi connectivity index (χ0v) is 15.1. The maximum absolute atomic E-state index is 12.6. The zero-order chi connectivity index (χ0) is 17.6. The molecular weight excluding hydrogens is 312 g/mol. The minimum absolute atomic E-state index is 0.109. The predicted octanol–water partition coefficient (Wildman–Crippen LogP) is 3.35. The number of hydrogen-bond donors (Lipinski definition) is 0. The lowest BCUT2D eigenvalue weighted by atomic mass is 10.1. The lowest BCUT2D eigenvalue weighted by molar-refractivity contribution is 0.0628. The Balaban J connectivity index is 1.53. The number of aryl methyl sites for hydroxylation is 1. The van der Waals surface area contributed by atoms with Crippen LogP contribution in [0.4, 0.5) is 0 Å². The summed E-state index contributed by atoms with van der Waals surface area (Å²) in [4.78, 5) is 17.0. The summed E-state index contributed by atoms with van der Waals surface area (Å²) in [5, 5.41) is 0. The first-order valence-electron chi connectivity index (χ1n) is 8.96. The Labute approximate surface area is 150 Å². The van der Waals surface area contributed by atoms with E-state index in [2.05, 4.69) is 36.1 Å². The summed E-state index contributed by atoms with van der Waals surface area (Å²) in [7, 11) is 0. The molecular formula is C21H26N2O2. The maximum atomic E-state index is 12.6. The van der Waals surface area contributed by atoms with Crippen molar-refractivity contribution in [3.05, 3.63) is 65.2 Å². The van der Waals surface area contributed by atoms with E-state index in [9.17, 15) is 4.79 Å². The van der Waals surface area contributed by atoms with Gasteiger partial charge in [-0.3, -0.25) is 9.69 Å². The third-order valence-electron chi connectivity index (χ3n) is 4.56. The Kier molecular flexibility index (Phi) is 5.71. The molecule has 0 radical (unpaired) electrons. The van der Waals surface area contributed by atoms with E-state index in [1.165, 1.54) is 11.1 Å². The van der Waals surface area contributed by atoms with Crippen LogP contribution in [-0.4, -0.2) is 48.5 Å². The van der Waals surface area contributed by atoms with Gasteiger partial charge in [0.1, 0.15) is 5.75 Å². The molecule has 0 bridgehead atoms. The molecule has 1 fully saturated rings. The third kappa shape index (κ3) is 4.60.